The molecule has 0 heterocycles. The molecule has 0 aromatic heterocycles. The van der Waals surface area contributed by atoms with Crippen LogP contribution >= 0.6 is 0 Å². The molecule has 2 atom stereocenters. The molecule has 24 heavy (non-hydrogen) atoms. The smallest absolute Gasteiger partial charge is 0.123 e. The van der Waals surface area contributed by atoms with Crippen LogP contribution in [0.15, 0.2) is 35.9 Å². The van der Waals surface area contributed by atoms with Gasteiger partial charge in [0.25, 0.3) is 0 Å². The van der Waals surface area contributed by atoms with Gasteiger partial charge in [-0.15, -0.1) is 0 Å². The summed E-state index contributed by atoms with van der Waals surface area (Å²) in [4.78, 5) is 0. The van der Waals surface area contributed by atoms with Crippen molar-refractivity contribution in [1.82, 2.24) is 0 Å². The van der Waals surface area contributed by atoms with Gasteiger partial charge in [-0.3, -0.25) is 0 Å². The molecule has 2 rings (SSSR count). The summed E-state index contributed by atoms with van der Waals surface area (Å²) in [5, 5.41) is 30.6. The second-order valence-electron chi connectivity index (χ2n) is 7.01. The average molecular weight is 330 g/mol. The Hall–Kier alpha value is -1.74. The Morgan fingerprint density at radius 2 is 1.88 bits per heavy atom. The third kappa shape index (κ3) is 4.21. The van der Waals surface area contributed by atoms with E-state index in [1.54, 1.807) is 12.1 Å². The zero-order chi connectivity index (χ0) is 17.7. The molecule has 0 saturated carbocycles. The third-order valence-electron chi connectivity index (χ3n) is 5.06. The molecule has 0 unspecified atom stereocenters. The Balaban J connectivity index is 2.36. The van der Waals surface area contributed by atoms with Crippen LogP contribution in [-0.4, -0.2) is 21.9 Å². The van der Waals surface area contributed by atoms with E-state index < -0.39 is 0 Å². The number of aryl methyl sites for hydroxylation is 1. The van der Waals surface area contributed by atoms with Crippen LogP contribution in [0.25, 0.3) is 0 Å². The van der Waals surface area contributed by atoms with E-state index in [-0.39, 0.29) is 29.9 Å². The van der Waals surface area contributed by atoms with Crippen LogP contribution in [-0.2, 0) is 6.42 Å². The van der Waals surface area contributed by atoms with Gasteiger partial charge in [-0.25, -0.2) is 0 Å². The van der Waals surface area contributed by atoms with Gasteiger partial charge in [0.05, 0.1) is 6.61 Å². The number of aliphatic hydroxyl groups is 1. The molecule has 0 aliphatic heterocycles. The van der Waals surface area contributed by atoms with Crippen molar-refractivity contribution >= 4 is 0 Å². The third-order valence-corrected chi connectivity index (χ3v) is 5.06. The number of phenolic OH excluding ortho intramolecular Hbond substituents is 2. The summed E-state index contributed by atoms with van der Waals surface area (Å²) in [5.41, 5.74) is 3.53. The first-order valence-corrected chi connectivity index (χ1v) is 8.98. The lowest BCUT2D eigenvalue weighted by Gasteiger charge is -2.31. The van der Waals surface area contributed by atoms with Crippen LogP contribution in [0.5, 0.6) is 11.5 Å². The van der Waals surface area contributed by atoms with Crippen LogP contribution in [0.1, 0.15) is 63.0 Å². The van der Waals surface area contributed by atoms with Crippen molar-refractivity contribution in [3.05, 3.63) is 47.1 Å². The first kappa shape index (κ1) is 18.6. The van der Waals surface area contributed by atoms with Crippen LogP contribution in [0.4, 0.5) is 0 Å². The predicted molar refractivity (Wildman–Crippen MR) is 98.4 cm³/mol. The van der Waals surface area contributed by atoms with E-state index in [2.05, 4.69) is 13.5 Å². The molecule has 132 valence electrons. The topological polar surface area (TPSA) is 60.7 Å². The SMILES string of the molecule is C=C(C)[C@@H]1CCC(CO)=C[C@@H]1c1c(O)cc(CCCCC)cc1O. The van der Waals surface area contributed by atoms with E-state index in [9.17, 15) is 15.3 Å². The second-order valence-corrected chi connectivity index (χ2v) is 7.01. The number of aromatic hydroxyl groups is 2. The van der Waals surface area contributed by atoms with Crippen molar-refractivity contribution in [2.24, 2.45) is 5.92 Å². The number of hydrogen-bond acceptors (Lipinski definition) is 3. The molecular formula is C21H30O3. The van der Waals surface area contributed by atoms with Crippen LogP contribution in [0.3, 0.4) is 0 Å². The monoisotopic (exact) mass is 330 g/mol. The summed E-state index contributed by atoms with van der Waals surface area (Å²) in [5.74, 6) is 0.326. The lowest BCUT2D eigenvalue weighted by Crippen LogP contribution is -2.18. The molecule has 1 aliphatic rings. The Morgan fingerprint density at radius 3 is 2.42 bits per heavy atom. The molecule has 1 aromatic rings. The van der Waals surface area contributed by atoms with Crippen molar-refractivity contribution in [3.8, 4) is 11.5 Å². The number of benzene rings is 1. The highest BCUT2D eigenvalue weighted by Gasteiger charge is 2.30. The molecular weight excluding hydrogens is 300 g/mol. The quantitative estimate of drug-likeness (QED) is 0.496. The van der Waals surface area contributed by atoms with E-state index in [1.807, 2.05) is 13.0 Å². The van der Waals surface area contributed by atoms with Gasteiger partial charge in [0.15, 0.2) is 0 Å². The van der Waals surface area contributed by atoms with E-state index >= 15 is 0 Å². The van der Waals surface area contributed by atoms with Gasteiger partial charge < -0.3 is 15.3 Å². The van der Waals surface area contributed by atoms with Crippen molar-refractivity contribution in [3.63, 3.8) is 0 Å². The molecule has 0 bridgehead atoms. The number of aliphatic hydroxyl groups excluding tert-OH is 1. The maximum Gasteiger partial charge on any atom is 0.123 e. The van der Waals surface area contributed by atoms with Gasteiger partial charge in [-0.2, -0.15) is 0 Å². The van der Waals surface area contributed by atoms with Gasteiger partial charge in [0, 0.05) is 11.5 Å². The maximum absolute atomic E-state index is 10.6. The number of rotatable bonds is 7. The molecule has 1 aromatic carbocycles. The zero-order valence-electron chi connectivity index (χ0n) is 14.9. The van der Waals surface area contributed by atoms with Gasteiger partial charge in [0.1, 0.15) is 11.5 Å². The maximum atomic E-state index is 10.6. The highest BCUT2D eigenvalue weighted by atomic mass is 16.3. The fraction of sp³-hybridized carbons (Fsp3) is 0.524. The van der Waals surface area contributed by atoms with Gasteiger partial charge in [0.2, 0.25) is 0 Å². The van der Waals surface area contributed by atoms with Gasteiger partial charge >= 0.3 is 0 Å². The Bertz CT molecular complexity index is 593. The van der Waals surface area contributed by atoms with Crippen molar-refractivity contribution in [2.45, 2.75) is 58.3 Å². The standard InChI is InChI=1S/C21H30O3/c1-4-5-6-7-15-11-19(23)21(20(24)12-15)18-10-16(13-22)8-9-17(18)14(2)3/h10-12,17-18,22-24H,2,4-9,13H2,1,3H3/t17-,18-/m0/s1. The highest BCUT2D eigenvalue weighted by Crippen LogP contribution is 2.46. The summed E-state index contributed by atoms with van der Waals surface area (Å²) in [6.45, 7) is 8.25. The minimum Gasteiger partial charge on any atom is -0.507 e. The number of unbranched alkanes of at least 4 members (excludes halogenated alkanes) is 2. The predicted octanol–water partition coefficient (Wildman–Crippen LogP) is 4.82. The fourth-order valence-electron chi connectivity index (χ4n) is 3.69. The molecule has 0 saturated heterocycles. The van der Waals surface area contributed by atoms with E-state index in [4.69, 9.17) is 0 Å². The summed E-state index contributed by atoms with van der Waals surface area (Å²) in [6.07, 6.45) is 7.92. The fourth-order valence-corrected chi connectivity index (χ4v) is 3.69. The van der Waals surface area contributed by atoms with Crippen molar-refractivity contribution in [1.29, 1.82) is 0 Å². The van der Waals surface area contributed by atoms with Crippen LogP contribution < -0.4 is 0 Å². The average Bonchev–Trinajstić information content (AvgIpc) is 2.54. The zero-order valence-corrected chi connectivity index (χ0v) is 14.9. The molecule has 0 spiro atoms. The van der Waals surface area contributed by atoms with Crippen LogP contribution in [0.2, 0.25) is 0 Å². The van der Waals surface area contributed by atoms with Crippen molar-refractivity contribution in [2.75, 3.05) is 6.61 Å². The first-order valence-electron chi connectivity index (χ1n) is 8.98. The molecule has 3 heteroatoms. The Kier molecular flexibility index (Phi) is 6.50. The lowest BCUT2D eigenvalue weighted by molar-refractivity contribution is 0.314. The minimum atomic E-state index is -0.136. The van der Waals surface area contributed by atoms with E-state index in [1.165, 1.54) is 0 Å². The molecule has 0 radical (unpaired) electrons. The molecule has 0 amide bonds. The number of hydrogen-bond donors (Lipinski definition) is 3. The van der Waals surface area contributed by atoms with Crippen LogP contribution in [0, 0.1) is 5.92 Å². The van der Waals surface area contributed by atoms with Crippen molar-refractivity contribution < 1.29 is 15.3 Å². The minimum absolute atomic E-state index is 0.0238. The normalized spacial score (nSPS) is 20.7. The lowest BCUT2D eigenvalue weighted by atomic mass is 9.73. The Labute approximate surface area is 145 Å². The van der Waals surface area contributed by atoms with Gasteiger partial charge in [-0.1, -0.05) is 38.0 Å². The Morgan fingerprint density at radius 1 is 1.21 bits per heavy atom. The molecule has 3 nitrogen and oxygen atoms in total. The van der Waals surface area contributed by atoms with Gasteiger partial charge in [-0.05, 0) is 61.8 Å². The van der Waals surface area contributed by atoms with E-state index in [0.29, 0.717) is 5.56 Å². The second kappa shape index (κ2) is 8.39. The summed E-state index contributed by atoms with van der Waals surface area (Å²) in [6, 6.07) is 3.56. The number of allylic oxidation sites excluding steroid dienone is 2. The largest absolute Gasteiger partial charge is 0.507 e. The van der Waals surface area contributed by atoms with E-state index in [0.717, 1.165) is 55.2 Å². The molecule has 1 aliphatic carbocycles. The summed E-state index contributed by atoms with van der Waals surface area (Å²) in [7, 11) is 0. The first-order chi connectivity index (χ1) is 11.5. The molecule has 0 fully saturated rings. The summed E-state index contributed by atoms with van der Waals surface area (Å²) >= 11 is 0. The molecule has 3 N–H and O–H groups in total. The number of phenols is 2. The highest BCUT2D eigenvalue weighted by molar-refractivity contribution is 5.52. The summed E-state index contributed by atoms with van der Waals surface area (Å²) < 4.78 is 0.